The molecule has 0 radical (unpaired) electrons. The van der Waals surface area contributed by atoms with E-state index in [1.54, 1.807) is 42.5 Å². The van der Waals surface area contributed by atoms with Crippen molar-refractivity contribution in [2.24, 2.45) is 0 Å². The second-order valence-corrected chi connectivity index (χ2v) is 7.93. The highest BCUT2D eigenvalue weighted by Crippen LogP contribution is 2.39. The van der Waals surface area contributed by atoms with Gasteiger partial charge in [0.25, 0.3) is 0 Å². The van der Waals surface area contributed by atoms with Gasteiger partial charge in [0.05, 0.1) is 11.4 Å². The molecule has 0 aliphatic carbocycles. The second-order valence-electron chi connectivity index (χ2n) is 7.93. The lowest BCUT2D eigenvalue weighted by Gasteiger charge is -2.26. The summed E-state index contributed by atoms with van der Waals surface area (Å²) in [6.45, 7) is 5.76. The Morgan fingerprint density at radius 3 is 1.66 bits per heavy atom. The van der Waals surface area contributed by atoms with E-state index in [0.29, 0.717) is 11.5 Å². The normalized spacial score (nSPS) is 10.7. The third-order valence-corrected chi connectivity index (χ3v) is 5.10. The Morgan fingerprint density at radius 2 is 1.12 bits per heavy atom. The zero-order chi connectivity index (χ0) is 22.8. The minimum Gasteiger partial charge on any atom is -0.508 e. The molecule has 0 aliphatic heterocycles. The average Bonchev–Trinajstić information content (AvgIpc) is 2.71. The fourth-order valence-corrected chi connectivity index (χ4v) is 3.68. The van der Waals surface area contributed by atoms with Gasteiger partial charge in [-0.2, -0.15) is 0 Å². The third kappa shape index (κ3) is 4.62. The summed E-state index contributed by atoms with van der Waals surface area (Å²) in [6, 6.07) is 23.2. The molecule has 4 aromatic rings. The highest BCUT2D eigenvalue weighted by molar-refractivity contribution is 5.78. The molecule has 5 nitrogen and oxygen atoms in total. The Labute approximate surface area is 187 Å². The molecule has 0 aliphatic rings. The molecule has 0 fully saturated rings. The maximum atomic E-state index is 10.2. The standard InChI is InChI=1S/C27H25NO4/c1-17-10-21(14-24(30)12-17)28(22-11-18(2)13-25(31)15-22)20-5-8-26(9-6-20)32-27-16-23(29)7-4-19(27)3/h4-16,29-31H,1-3H3. The summed E-state index contributed by atoms with van der Waals surface area (Å²) in [7, 11) is 0. The molecule has 0 aromatic heterocycles. The molecule has 5 heteroatoms. The van der Waals surface area contributed by atoms with Crippen molar-refractivity contribution in [3.63, 3.8) is 0 Å². The molecule has 4 aromatic carbocycles. The van der Waals surface area contributed by atoms with Crippen LogP contribution in [0, 0.1) is 20.8 Å². The molecule has 32 heavy (non-hydrogen) atoms. The van der Waals surface area contributed by atoms with Crippen LogP contribution >= 0.6 is 0 Å². The number of hydrogen-bond donors (Lipinski definition) is 3. The summed E-state index contributed by atoms with van der Waals surface area (Å²) in [5, 5.41) is 30.1. The van der Waals surface area contributed by atoms with E-state index in [1.807, 2.05) is 62.1 Å². The van der Waals surface area contributed by atoms with Crippen LogP contribution in [-0.4, -0.2) is 15.3 Å². The number of phenolic OH excluding ortho intramolecular Hbond substituents is 3. The van der Waals surface area contributed by atoms with Crippen LogP contribution in [0.15, 0.2) is 78.9 Å². The fraction of sp³-hybridized carbons (Fsp3) is 0.111. The van der Waals surface area contributed by atoms with Gasteiger partial charge in [-0.15, -0.1) is 0 Å². The first-order chi connectivity index (χ1) is 15.3. The predicted molar refractivity (Wildman–Crippen MR) is 127 cm³/mol. The van der Waals surface area contributed by atoms with Gasteiger partial charge in [0.2, 0.25) is 0 Å². The van der Waals surface area contributed by atoms with Gasteiger partial charge in [-0.3, -0.25) is 0 Å². The van der Waals surface area contributed by atoms with Crippen molar-refractivity contribution in [3.05, 3.63) is 95.6 Å². The number of nitrogens with zero attached hydrogens (tertiary/aromatic N) is 1. The van der Waals surface area contributed by atoms with E-state index >= 15 is 0 Å². The van der Waals surface area contributed by atoms with Gasteiger partial charge in [0.1, 0.15) is 28.7 Å². The van der Waals surface area contributed by atoms with E-state index in [4.69, 9.17) is 4.74 Å². The van der Waals surface area contributed by atoms with Crippen LogP contribution in [0.2, 0.25) is 0 Å². The number of ether oxygens (including phenoxy) is 1. The maximum Gasteiger partial charge on any atom is 0.134 e. The van der Waals surface area contributed by atoms with Crippen LogP contribution in [-0.2, 0) is 0 Å². The maximum absolute atomic E-state index is 10.2. The average molecular weight is 428 g/mol. The van der Waals surface area contributed by atoms with Crippen molar-refractivity contribution in [2.75, 3.05) is 4.90 Å². The Balaban J connectivity index is 1.75. The minimum absolute atomic E-state index is 0.145. The molecule has 162 valence electrons. The first-order valence-corrected chi connectivity index (χ1v) is 10.3. The van der Waals surface area contributed by atoms with E-state index in [9.17, 15) is 15.3 Å². The van der Waals surface area contributed by atoms with Gasteiger partial charge in [-0.1, -0.05) is 6.07 Å². The van der Waals surface area contributed by atoms with Crippen molar-refractivity contribution >= 4 is 17.1 Å². The number of hydrogen-bond acceptors (Lipinski definition) is 5. The molecule has 0 saturated carbocycles. The number of phenols is 3. The summed E-state index contributed by atoms with van der Waals surface area (Å²) < 4.78 is 5.95. The first-order valence-electron chi connectivity index (χ1n) is 10.3. The van der Waals surface area contributed by atoms with Crippen molar-refractivity contribution < 1.29 is 20.1 Å². The summed E-state index contributed by atoms with van der Waals surface area (Å²) in [5.41, 5.74) is 5.12. The van der Waals surface area contributed by atoms with Gasteiger partial charge in [0.15, 0.2) is 0 Å². The van der Waals surface area contributed by atoms with Crippen molar-refractivity contribution in [3.8, 4) is 28.7 Å². The Hall–Kier alpha value is -4.12. The number of benzene rings is 4. The molecule has 0 bridgehead atoms. The molecule has 4 rings (SSSR count). The van der Waals surface area contributed by atoms with Crippen LogP contribution in [0.4, 0.5) is 17.1 Å². The molecule has 0 unspecified atom stereocenters. The fourth-order valence-electron chi connectivity index (χ4n) is 3.68. The summed E-state index contributed by atoms with van der Waals surface area (Å²) in [4.78, 5) is 1.96. The summed E-state index contributed by atoms with van der Waals surface area (Å²) in [5.74, 6) is 1.69. The van der Waals surface area contributed by atoms with Crippen molar-refractivity contribution in [2.45, 2.75) is 20.8 Å². The largest absolute Gasteiger partial charge is 0.508 e. The lowest BCUT2D eigenvalue weighted by Crippen LogP contribution is -2.10. The Kier molecular flexibility index (Phi) is 5.65. The number of rotatable bonds is 5. The van der Waals surface area contributed by atoms with E-state index < -0.39 is 0 Å². The Bertz CT molecular complexity index is 1170. The van der Waals surface area contributed by atoms with Crippen molar-refractivity contribution in [1.82, 2.24) is 0 Å². The summed E-state index contributed by atoms with van der Waals surface area (Å²) >= 11 is 0. The number of aryl methyl sites for hydroxylation is 3. The smallest absolute Gasteiger partial charge is 0.134 e. The second kappa shape index (κ2) is 8.55. The van der Waals surface area contributed by atoms with Crippen LogP contribution in [0.25, 0.3) is 0 Å². The topological polar surface area (TPSA) is 73.2 Å². The first kappa shape index (κ1) is 21.1. The SMILES string of the molecule is Cc1cc(O)cc(N(c2ccc(Oc3cc(O)ccc3C)cc2)c2cc(C)cc(O)c2)c1. The third-order valence-electron chi connectivity index (χ3n) is 5.10. The van der Waals surface area contributed by atoms with Crippen LogP contribution in [0.3, 0.4) is 0 Å². The molecule has 3 N–H and O–H groups in total. The molecule has 0 heterocycles. The Morgan fingerprint density at radius 1 is 0.562 bits per heavy atom. The number of anilines is 3. The lowest BCUT2D eigenvalue weighted by atomic mass is 10.1. The predicted octanol–water partition coefficient (Wildman–Crippen LogP) is 6.99. The lowest BCUT2D eigenvalue weighted by molar-refractivity contribution is 0.453. The van der Waals surface area contributed by atoms with Crippen LogP contribution in [0.1, 0.15) is 16.7 Å². The highest BCUT2D eigenvalue weighted by Gasteiger charge is 2.15. The van der Waals surface area contributed by atoms with Gasteiger partial charge < -0.3 is 25.0 Å². The molecule has 0 spiro atoms. The van der Waals surface area contributed by atoms with E-state index in [-0.39, 0.29) is 17.2 Å². The zero-order valence-corrected chi connectivity index (χ0v) is 18.2. The molecular formula is C27H25NO4. The van der Waals surface area contributed by atoms with Crippen molar-refractivity contribution in [1.29, 1.82) is 0 Å². The molecule has 0 atom stereocenters. The van der Waals surface area contributed by atoms with Gasteiger partial charge in [0, 0.05) is 23.9 Å². The zero-order valence-electron chi connectivity index (χ0n) is 18.2. The monoisotopic (exact) mass is 427 g/mol. The highest BCUT2D eigenvalue weighted by atomic mass is 16.5. The van der Waals surface area contributed by atoms with Gasteiger partial charge in [-0.25, -0.2) is 0 Å². The van der Waals surface area contributed by atoms with Crippen LogP contribution < -0.4 is 9.64 Å². The molecule has 0 saturated heterocycles. The van der Waals surface area contributed by atoms with Crippen LogP contribution in [0.5, 0.6) is 28.7 Å². The van der Waals surface area contributed by atoms with Gasteiger partial charge >= 0.3 is 0 Å². The van der Waals surface area contributed by atoms with E-state index in [2.05, 4.69) is 0 Å². The van der Waals surface area contributed by atoms with Gasteiger partial charge in [-0.05, 0) is 92.1 Å². The van der Waals surface area contributed by atoms with E-state index in [1.165, 1.54) is 0 Å². The summed E-state index contributed by atoms with van der Waals surface area (Å²) in [6.07, 6.45) is 0. The minimum atomic E-state index is 0.145. The molecular weight excluding hydrogens is 402 g/mol. The van der Waals surface area contributed by atoms with E-state index in [0.717, 1.165) is 33.8 Å². The molecule has 0 amide bonds. The quantitative estimate of drug-likeness (QED) is 0.320. The number of aromatic hydroxyl groups is 3.